The van der Waals surface area contributed by atoms with Crippen LogP contribution < -0.4 is 5.32 Å². The van der Waals surface area contributed by atoms with Crippen LogP contribution in [0.15, 0.2) is 0 Å². The predicted octanol–water partition coefficient (Wildman–Crippen LogP) is 0.416. The fraction of sp³-hybridized carbons (Fsp3) is 1.00. The summed E-state index contributed by atoms with van der Waals surface area (Å²) in [6, 6.07) is 0.625. The van der Waals surface area contributed by atoms with Crippen LogP contribution in [0, 0.1) is 0 Å². The van der Waals surface area contributed by atoms with Crippen LogP contribution in [0.2, 0.25) is 0 Å². The Morgan fingerprint density at radius 1 is 1.62 bits per heavy atom. The van der Waals surface area contributed by atoms with Crippen LogP contribution in [0.1, 0.15) is 6.42 Å². The summed E-state index contributed by atoms with van der Waals surface area (Å²) in [5.74, 6) is 0. The molecule has 1 heterocycles. The zero-order valence-electron chi connectivity index (χ0n) is 5.02. The number of ether oxygens (including phenoxy) is 1. The van der Waals surface area contributed by atoms with Crippen LogP contribution >= 0.6 is 12.4 Å². The van der Waals surface area contributed by atoms with Gasteiger partial charge in [-0.1, -0.05) is 0 Å². The average molecular weight is 138 g/mol. The van der Waals surface area contributed by atoms with Gasteiger partial charge in [0.15, 0.2) is 0 Å². The van der Waals surface area contributed by atoms with E-state index in [1.165, 1.54) is 6.42 Å². The first kappa shape index (κ1) is 8.21. The van der Waals surface area contributed by atoms with E-state index in [1.54, 1.807) is 0 Å². The van der Waals surface area contributed by atoms with Gasteiger partial charge in [-0.2, -0.15) is 0 Å². The van der Waals surface area contributed by atoms with Crippen LogP contribution in [-0.2, 0) is 4.74 Å². The lowest BCUT2D eigenvalue weighted by atomic mass is 10.3. The molecule has 1 aliphatic heterocycles. The van der Waals surface area contributed by atoms with Gasteiger partial charge >= 0.3 is 0 Å². The van der Waals surface area contributed by atoms with Crippen LogP contribution in [-0.4, -0.2) is 26.3 Å². The molecule has 0 saturated carbocycles. The molecule has 0 aliphatic carbocycles. The van der Waals surface area contributed by atoms with Crippen molar-refractivity contribution in [1.82, 2.24) is 5.32 Å². The van der Waals surface area contributed by atoms with Gasteiger partial charge < -0.3 is 10.1 Å². The van der Waals surface area contributed by atoms with E-state index in [2.05, 4.69) is 5.32 Å². The Kier molecular flexibility index (Phi) is 4.23. The second-order valence-corrected chi connectivity index (χ2v) is 1.85. The molecule has 1 saturated heterocycles. The highest BCUT2D eigenvalue weighted by Crippen LogP contribution is 2.00. The van der Waals surface area contributed by atoms with Crippen molar-refractivity contribution in [1.29, 1.82) is 0 Å². The summed E-state index contributed by atoms with van der Waals surface area (Å²) < 4.78 is 5.09. The van der Waals surface area contributed by atoms with E-state index in [0.717, 1.165) is 13.2 Å². The van der Waals surface area contributed by atoms with Gasteiger partial charge in [-0.05, 0) is 13.5 Å². The van der Waals surface area contributed by atoms with E-state index in [-0.39, 0.29) is 12.4 Å². The van der Waals surface area contributed by atoms with E-state index in [9.17, 15) is 0 Å². The van der Waals surface area contributed by atoms with Gasteiger partial charge in [0.1, 0.15) is 0 Å². The van der Waals surface area contributed by atoms with Crippen molar-refractivity contribution in [2.75, 3.05) is 20.3 Å². The number of halogens is 1. The lowest BCUT2D eigenvalue weighted by molar-refractivity contribution is 0.191. The Morgan fingerprint density at radius 2 is 2.38 bits per heavy atom. The van der Waals surface area contributed by atoms with E-state index >= 15 is 0 Å². The quantitative estimate of drug-likeness (QED) is 0.566. The topological polar surface area (TPSA) is 21.3 Å². The maximum atomic E-state index is 5.09. The van der Waals surface area contributed by atoms with Crippen LogP contribution in [0.4, 0.5) is 0 Å². The minimum absolute atomic E-state index is 0. The first-order valence-electron chi connectivity index (χ1n) is 2.68. The molecule has 1 N–H and O–H groups in total. The fourth-order valence-electron chi connectivity index (χ4n) is 0.762. The highest BCUT2D eigenvalue weighted by molar-refractivity contribution is 5.85. The zero-order valence-corrected chi connectivity index (χ0v) is 5.83. The van der Waals surface area contributed by atoms with Gasteiger partial charge in [-0.25, -0.2) is 0 Å². The van der Waals surface area contributed by atoms with Crippen molar-refractivity contribution in [2.45, 2.75) is 12.5 Å². The Hall–Kier alpha value is 0.210. The maximum Gasteiger partial charge on any atom is 0.0620 e. The SMILES string of the molecule is CNC1CCOC1.Cl. The molecule has 2 nitrogen and oxygen atoms in total. The van der Waals surface area contributed by atoms with Crippen LogP contribution in [0.3, 0.4) is 0 Å². The molecule has 1 unspecified atom stereocenters. The second kappa shape index (κ2) is 4.13. The third-order valence-electron chi connectivity index (χ3n) is 1.34. The molecule has 0 aromatic rings. The lowest BCUT2D eigenvalue weighted by Gasteiger charge is -2.01. The second-order valence-electron chi connectivity index (χ2n) is 1.85. The molecule has 1 aliphatic rings. The molecule has 0 radical (unpaired) electrons. The summed E-state index contributed by atoms with van der Waals surface area (Å²) >= 11 is 0. The van der Waals surface area contributed by atoms with Crippen molar-refractivity contribution < 1.29 is 4.74 Å². The summed E-state index contributed by atoms with van der Waals surface area (Å²) in [5.41, 5.74) is 0. The Morgan fingerprint density at radius 3 is 2.62 bits per heavy atom. The number of nitrogens with one attached hydrogen (secondary N) is 1. The Balaban J connectivity index is 0.000000490. The van der Waals surface area contributed by atoms with Gasteiger partial charge in [0, 0.05) is 12.6 Å². The van der Waals surface area contributed by atoms with Crippen LogP contribution in [0.5, 0.6) is 0 Å². The van der Waals surface area contributed by atoms with Crippen molar-refractivity contribution in [3.8, 4) is 0 Å². The van der Waals surface area contributed by atoms with Gasteiger partial charge in [0.25, 0.3) is 0 Å². The average Bonchev–Trinajstić information content (AvgIpc) is 2.14. The molecule has 1 rings (SSSR count). The summed E-state index contributed by atoms with van der Waals surface area (Å²) in [6.45, 7) is 1.84. The predicted molar refractivity (Wildman–Crippen MR) is 35.5 cm³/mol. The molecule has 50 valence electrons. The highest BCUT2D eigenvalue weighted by atomic mass is 35.5. The molecule has 1 atom stereocenters. The van der Waals surface area contributed by atoms with Gasteiger partial charge in [-0.15, -0.1) is 12.4 Å². The fourth-order valence-corrected chi connectivity index (χ4v) is 0.762. The number of rotatable bonds is 1. The van der Waals surface area contributed by atoms with Gasteiger partial charge in [0.2, 0.25) is 0 Å². The molecule has 3 heteroatoms. The van der Waals surface area contributed by atoms with Crippen molar-refractivity contribution in [2.24, 2.45) is 0 Å². The zero-order chi connectivity index (χ0) is 5.11. The van der Waals surface area contributed by atoms with E-state index in [1.807, 2.05) is 7.05 Å². The number of likely N-dealkylation sites (N-methyl/N-ethyl adjacent to an activating group) is 1. The van der Waals surface area contributed by atoms with E-state index in [4.69, 9.17) is 4.74 Å². The normalized spacial score (nSPS) is 27.4. The van der Waals surface area contributed by atoms with Crippen LogP contribution in [0.25, 0.3) is 0 Å². The molecule has 8 heavy (non-hydrogen) atoms. The lowest BCUT2D eigenvalue weighted by Crippen LogP contribution is -2.24. The summed E-state index contributed by atoms with van der Waals surface area (Å²) in [5, 5.41) is 3.14. The minimum atomic E-state index is 0. The molecule has 0 spiro atoms. The van der Waals surface area contributed by atoms with Gasteiger partial charge in [-0.3, -0.25) is 0 Å². The Bertz CT molecular complexity index is 54.4. The monoisotopic (exact) mass is 137 g/mol. The molecule has 0 aromatic carbocycles. The highest BCUT2D eigenvalue weighted by Gasteiger charge is 2.11. The first-order chi connectivity index (χ1) is 3.43. The molecular weight excluding hydrogens is 126 g/mol. The van der Waals surface area contributed by atoms with E-state index < -0.39 is 0 Å². The number of hydrogen-bond donors (Lipinski definition) is 1. The molecular formula is C5H12ClNO. The molecule has 0 amide bonds. The number of hydrogen-bond acceptors (Lipinski definition) is 2. The standard InChI is InChI=1S/C5H11NO.ClH/c1-6-5-2-3-7-4-5;/h5-6H,2-4H2,1H3;1H. The molecule has 0 aromatic heterocycles. The van der Waals surface area contributed by atoms with E-state index in [0.29, 0.717) is 6.04 Å². The third-order valence-corrected chi connectivity index (χ3v) is 1.34. The first-order valence-corrected chi connectivity index (χ1v) is 2.68. The molecule has 1 fully saturated rings. The maximum absolute atomic E-state index is 5.09. The summed E-state index contributed by atoms with van der Waals surface area (Å²) in [6.07, 6.45) is 1.18. The minimum Gasteiger partial charge on any atom is -0.380 e. The molecule has 0 bridgehead atoms. The third kappa shape index (κ3) is 1.99. The summed E-state index contributed by atoms with van der Waals surface area (Å²) in [4.78, 5) is 0. The Labute approximate surface area is 56.0 Å². The van der Waals surface area contributed by atoms with Crippen molar-refractivity contribution in [3.63, 3.8) is 0 Å². The van der Waals surface area contributed by atoms with Gasteiger partial charge in [0.05, 0.1) is 6.61 Å². The van der Waals surface area contributed by atoms with Crippen molar-refractivity contribution in [3.05, 3.63) is 0 Å². The van der Waals surface area contributed by atoms with Crippen molar-refractivity contribution >= 4 is 12.4 Å². The summed E-state index contributed by atoms with van der Waals surface area (Å²) in [7, 11) is 1.97. The largest absolute Gasteiger partial charge is 0.380 e. The smallest absolute Gasteiger partial charge is 0.0620 e.